The first-order valence-electron chi connectivity index (χ1n) is 9.42. The van der Waals surface area contributed by atoms with Crippen LogP contribution < -0.4 is 0 Å². The van der Waals surface area contributed by atoms with Crippen molar-refractivity contribution in [1.29, 1.82) is 0 Å². The van der Waals surface area contributed by atoms with Crippen molar-refractivity contribution >= 4 is 39.2 Å². The van der Waals surface area contributed by atoms with Gasteiger partial charge in [-0.05, 0) is 6.04 Å². The van der Waals surface area contributed by atoms with E-state index in [-0.39, 0.29) is 0 Å². The molecule has 0 saturated carbocycles. The Morgan fingerprint density at radius 1 is 0.455 bits per heavy atom. The van der Waals surface area contributed by atoms with E-state index in [2.05, 4.69) is 6.92 Å². The van der Waals surface area contributed by atoms with Crippen molar-refractivity contribution in [1.82, 2.24) is 0 Å². The maximum absolute atomic E-state index is 5.87. The Balaban J connectivity index is 3.00. The fourth-order valence-corrected chi connectivity index (χ4v) is 4.65. The van der Waals surface area contributed by atoms with Gasteiger partial charge >= 0.3 is 6.00 Å². The van der Waals surface area contributed by atoms with E-state index >= 15 is 0 Å². The van der Waals surface area contributed by atoms with E-state index in [1.165, 1.54) is 89.9 Å². The molecule has 0 atom stereocenters. The van der Waals surface area contributed by atoms with Crippen molar-refractivity contribution in [2.24, 2.45) is 0 Å². The molecular weight excluding hydrogens is 351 g/mol. The van der Waals surface area contributed by atoms with Gasteiger partial charge in [-0.3, -0.25) is 0 Å². The third-order valence-electron chi connectivity index (χ3n) is 4.21. The van der Waals surface area contributed by atoms with Gasteiger partial charge in [0, 0.05) is 0 Å². The van der Waals surface area contributed by atoms with Crippen molar-refractivity contribution in [2.45, 2.75) is 109 Å². The van der Waals surface area contributed by atoms with Gasteiger partial charge in [-0.2, -0.15) is 0 Å². The molecule has 1 radical (unpaired) electrons. The molecule has 0 heterocycles. The molecule has 0 N–H and O–H groups in total. The van der Waals surface area contributed by atoms with Gasteiger partial charge in [0.2, 0.25) is 0 Å². The molecule has 22 heavy (non-hydrogen) atoms. The molecule has 0 aromatic rings. The molecule has 0 aliphatic rings. The summed E-state index contributed by atoms with van der Waals surface area (Å²) in [5, 5.41) is 0. The molecule has 0 aliphatic heterocycles. The second kappa shape index (κ2) is 16.9. The minimum absolute atomic E-state index is 0.826. The van der Waals surface area contributed by atoms with E-state index in [9.17, 15) is 0 Å². The number of hydrogen-bond donors (Lipinski definition) is 0. The molecule has 0 rings (SSSR count). The van der Waals surface area contributed by atoms with Crippen LogP contribution >= 0.6 is 33.2 Å². The Hall–Kier alpha value is 1.09. The van der Waals surface area contributed by atoms with Crippen LogP contribution in [0.1, 0.15) is 103 Å². The van der Waals surface area contributed by atoms with Crippen molar-refractivity contribution in [3.8, 4) is 0 Å². The summed E-state index contributed by atoms with van der Waals surface area (Å²) in [6, 6.07) is -1.52. The highest BCUT2D eigenvalue weighted by Crippen LogP contribution is 2.27. The van der Waals surface area contributed by atoms with Gasteiger partial charge in [-0.1, -0.05) is 110 Å². The molecule has 0 saturated heterocycles. The lowest BCUT2D eigenvalue weighted by atomic mass is 10.0. The van der Waals surface area contributed by atoms with Crippen LogP contribution in [0.5, 0.6) is 0 Å². The lowest BCUT2D eigenvalue weighted by Crippen LogP contribution is -2.07. The molecule has 0 spiro atoms. The summed E-state index contributed by atoms with van der Waals surface area (Å²) in [5.74, 6) is 0. The second-order valence-electron chi connectivity index (χ2n) is 6.52. The Morgan fingerprint density at radius 3 is 1.00 bits per heavy atom. The average Bonchev–Trinajstić information content (AvgIpc) is 2.45. The number of unbranched alkanes of at least 4 members (excludes halogenated alkanes) is 15. The highest BCUT2D eigenvalue weighted by atomic mass is 35.8. The van der Waals surface area contributed by atoms with E-state index in [0.29, 0.717) is 0 Å². The Labute approximate surface area is 154 Å². The van der Waals surface area contributed by atoms with E-state index in [1.807, 2.05) is 0 Å². The van der Waals surface area contributed by atoms with Gasteiger partial charge in [0.1, 0.15) is 0 Å². The minimum Gasteiger partial charge on any atom is -0.126 e. The number of rotatable bonds is 17. The van der Waals surface area contributed by atoms with Crippen LogP contribution in [-0.2, 0) is 0 Å². The van der Waals surface area contributed by atoms with Crippen LogP contribution in [0.2, 0.25) is 6.04 Å². The molecule has 0 aromatic heterocycles. The molecule has 4 heteroatoms. The van der Waals surface area contributed by atoms with E-state index in [0.717, 1.165) is 18.9 Å². The van der Waals surface area contributed by atoms with Crippen LogP contribution in [0, 0.1) is 6.92 Å². The zero-order valence-electron chi connectivity index (χ0n) is 14.4. The zero-order valence-corrected chi connectivity index (χ0v) is 17.6. The van der Waals surface area contributed by atoms with Crippen molar-refractivity contribution in [3.05, 3.63) is 6.92 Å². The molecule has 0 aliphatic carbocycles. The minimum atomic E-state index is -2.35. The molecule has 0 bridgehead atoms. The normalized spacial score (nSPS) is 12.0. The predicted molar refractivity (Wildman–Crippen MR) is 107 cm³/mol. The summed E-state index contributed by atoms with van der Waals surface area (Å²) in [5.41, 5.74) is 0. The molecule has 0 fully saturated rings. The SMILES string of the molecule is [CH2]CCCCCCCCCCCCCCCCC[Si](Cl)(Cl)Cl. The number of halogens is 3. The van der Waals surface area contributed by atoms with Gasteiger partial charge in [0.05, 0.1) is 0 Å². The van der Waals surface area contributed by atoms with Crippen LogP contribution in [0.15, 0.2) is 0 Å². The fourth-order valence-electron chi connectivity index (χ4n) is 2.80. The first-order valence-corrected chi connectivity index (χ1v) is 14.7. The largest absolute Gasteiger partial charge is 0.341 e. The monoisotopic (exact) mass is 385 g/mol. The van der Waals surface area contributed by atoms with E-state index in [4.69, 9.17) is 33.2 Å². The average molecular weight is 387 g/mol. The summed E-state index contributed by atoms with van der Waals surface area (Å²) < 4.78 is 0. The summed E-state index contributed by atoms with van der Waals surface area (Å²) in [7, 11) is 0. The van der Waals surface area contributed by atoms with Crippen LogP contribution in [0.4, 0.5) is 0 Å². The van der Waals surface area contributed by atoms with Gasteiger partial charge in [-0.25, -0.2) is 0 Å². The maximum Gasteiger partial charge on any atom is 0.341 e. The Kier molecular flexibility index (Phi) is 17.8. The zero-order chi connectivity index (χ0) is 16.5. The molecule has 0 nitrogen and oxygen atoms in total. The summed E-state index contributed by atoms with van der Waals surface area (Å²) in [6.07, 6.45) is 21.6. The van der Waals surface area contributed by atoms with Gasteiger partial charge in [-0.15, -0.1) is 33.2 Å². The van der Waals surface area contributed by atoms with Crippen LogP contribution in [0.3, 0.4) is 0 Å². The van der Waals surface area contributed by atoms with Crippen molar-refractivity contribution in [3.63, 3.8) is 0 Å². The standard InChI is InChI=1S/C18H36Cl3Si/c1-2-3-4-5-6-7-8-9-10-11-12-13-14-15-16-17-18-22(19,20)21/h1-18H2. The van der Waals surface area contributed by atoms with Crippen LogP contribution in [0.25, 0.3) is 0 Å². The van der Waals surface area contributed by atoms with Gasteiger partial charge in [0.25, 0.3) is 0 Å². The molecular formula is C18H36Cl3Si. The third-order valence-corrected chi connectivity index (χ3v) is 6.83. The topological polar surface area (TPSA) is 0 Å². The summed E-state index contributed by atoms with van der Waals surface area (Å²) >= 11 is 17.6. The lowest BCUT2D eigenvalue weighted by Gasteiger charge is -2.07. The molecule has 0 amide bonds. The molecule has 133 valence electrons. The Bertz CT molecular complexity index is 217. The maximum atomic E-state index is 5.87. The van der Waals surface area contributed by atoms with E-state index < -0.39 is 6.00 Å². The number of hydrogen-bond acceptors (Lipinski definition) is 0. The smallest absolute Gasteiger partial charge is 0.126 e. The van der Waals surface area contributed by atoms with Crippen molar-refractivity contribution < 1.29 is 0 Å². The Morgan fingerprint density at radius 2 is 0.727 bits per heavy atom. The third kappa shape index (κ3) is 21.1. The van der Waals surface area contributed by atoms with Crippen molar-refractivity contribution in [2.75, 3.05) is 0 Å². The lowest BCUT2D eigenvalue weighted by molar-refractivity contribution is 0.532. The van der Waals surface area contributed by atoms with Gasteiger partial charge < -0.3 is 0 Å². The van der Waals surface area contributed by atoms with Crippen LogP contribution in [-0.4, -0.2) is 6.00 Å². The fraction of sp³-hybridized carbons (Fsp3) is 0.944. The molecule has 0 aromatic carbocycles. The quantitative estimate of drug-likeness (QED) is 0.133. The first-order chi connectivity index (χ1) is 10.6. The molecule has 0 unspecified atom stereocenters. The first kappa shape index (κ1) is 23.1. The summed E-state index contributed by atoms with van der Waals surface area (Å²) in [6.45, 7) is 3.88. The predicted octanol–water partition coefficient (Wildman–Crippen LogP) is 8.72. The van der Waals surface area contributed by atoms with Gasteiger partial charge in [0.15, 0.2) is 0 Å². The van der Waals surface area contributed by atoms with E-state index in [1.54, 1.807) is 0 Å². The highest BCUT2D eigenvalue weighted by Gasteiger charge is 2.23. The summed E-state index contributed by atoms with van der Waals surface area (Å²) in [4.78, 5) is 0. The second-order valence-corrected chi connectivity index (χ2v) is 15.8. The highest BCUT2D eigenvalue weighted by molar-refractivity contribution is 7.64.